The molecule has 0 bridgehead atoms. The summed E-state index contributed by atoms with van der Waals surface area (Å²) >= 11 is 0. The lowest BCUT2D eigenvalue weighted by Gasteiger charge is -2.23. The van der Waals surface area contributed by atoms with E-state index in [9.17, 15) is 9.59 Å². The van der Waals surface area contributed by atoms with E-state index in [1.54, 1.807) is 20.8 Å². The first kappa shape index (κ1) is 28.8. The van der Waals surface area contributed by atoms with Crippen molar-refractivity contribution < 1.29 is 28.5 Å². The second-order valence-electron chi connectivity index (χ2n) is 7.41. The van der Waals surface area contributed by atoms with Crippen LogP contribution in [0.3, 0.4) is 0 Å². The largest absolute Gasteiger partial charge is 0.436 e. The van der Waals surface area contributed by atoms with E-state index in [1.807, 2.05) is 20.8 Å². The van der Waals surface area contributed by atoms with E-state index in [1.165, 1.54) is 0 Å². The number of rotatable bonds is 13. The van der Waals surface area contributed by atoms with Gasteiger partial charge in [0.15, 0.2) is 12.6 Å². The summed E-state index contributed by atoms with van der Waals surface area (Å²) in [7, 11) is 0. The van der Waals surface area contributed by atoms with Crippen molar-refractivity contribution in [2.24, 2.45) is 5.41 Å². The second kappa shape index (κ2) is 16.5. The fourth-order valence-electron chi connectivity index (χ4n) is 1.56. The van der Waals surface area contributed by atoms with Crippen LogP contribution in [0.4, 0.5) is 0 Å². The molecule has 0 aromatic heterocycles. The van der Waals surface area contributed by atoms with Crippen molar-refractivity contribution in [3.8, 4) is 0 Å². The van der Waals surface area contributed by atoms with Gasteiger partial charge in [-0.15, -0.1) is 0 Å². The predicted octanol–water partition coefficient (Wildman–Crippen LogP) is 5.40. The summed E-state index contributed by atoms with van der Waals surface area (Å²) in [5.41, 5.74) is -0.0199. The molecule has 0 aliphatic carbocycles. The number of unbranched alkanes of at least 4 members (excludes halogenated alkanes) is 2. The minimum absolute atomic E-state index is 0.186. The van der Waals surface area contributed by atoms with Gasteiger partial charge < -0.3 is 18.9 Å². The van der Waals surface area contributed by atoms with Crippen LogP contribution in [0, 0.1) is 5.41 Å². The highest BCUT2D eigenvalue weighted by molar-refractivity contribution is 5.86. The van der Waals surface area contributed by atoms with Crippen LogP contribution in [-0.4, -0.2) is 37.7 Å². The maximum Gasteiger partial charge on any atom is 0.335 e. The van der Waals surface area contributed by atoms with Gasteiger partial charge in [0.05, 0.1) is 18.6 Å². The van der Waals surface area contributed by atoms with E-state index in [2.05, 4.69) is 20.4 Å². The van der Waals surface area contributed by atoms with Crippen LogP contribution in [0.5, 0.6) is 0 Å². The smallest absolute Gasteiger partial charge is 0.335 e. The molecule has 0 spiro atoms. The first-order valence-corrected chi connectivity index (χ1v) is 10.3. The molecule has 2 unspecified atom stereocenters. The third-order valence-electron chi connectivity index (χ3n) is 4.03. The fourth-order valence-corrected chi connectivity index (χ4v) is 1.56. The Morgan fingerprint density at radius 3 is 1.68 bits per heavy atom. The maximum absolute atomic E-state index is 11.6. The zero-order chi connectivity index (χ0) is 22.2. The number of esters is 2. The SMILES string of the molecule is C=C(C)C(=O)OC(C)OCCCC.CCCCOC(C)OC(=O)C(C)(C)CC. The van der Waals surface area contributed by atoms with Gasteiger partial charge in [-0.1, -0.05) is 40.2 Å². The molecule has 0 aliphatic rings. The Hall–Kier alpha value is -1.40. The van der Waals surface area contributed by atoms with E-state index >= 15 is 0 Å². The molecular formula is C22H42O6. The third-order valence-corrected chi connectivity index (χ3v) is 4.03. The van der Waals surface area contributed by atoms with Crippen LogP contribution in [-0.2, 0) is 28.5 Å². The quantitative estimate of drug-likeness (QED) is 0.178. The Morgan fingerprint density at radius 1 is 0.893 bits per heavy atom. The molecule has 6 heteroatoms. The highest BCUT2D eigenvalue weighted by atomic mass is 16.7. The molecule has 28 heavy (non-hydrogen) atoms. The standard InChI is InChI=1S/C12H24O3.C10H18O3/c1-6-8-9-14-10(3)15-11(13)12(4,5)7-2;1-5-6-7-12-9(4)13-10(11)8(2)3/h10H,6-9H2,1-5H3;9H,2,5-7H2,1,3-4H3. The number of hydrogen-bond donors (Lipinski definition) is 0. The highest BCUT2D eigenvalue weighted by Gasteiger charge is 2.28. The fraction of sp³-hybridized carbons (Fsp3) is 0.818. The van der Waals surface area contributed by atoms with E-state index in [0.29, 0.717) is 18.8 Å². The Bertz CT molecular complexity index is 444. The van der Waals surface area contributed by atoms with Crippen molar-refractivity contribution in [3.63, 3.8) is 0 Å². The molecule has 0 amide bonds. The maximum atomic E-state index is 11.6. The Labute approximate surface area is 171 Å². The molecule has 0 N–H and O–H groups in total. The van der Waals surface area contributed by atoms with Gasteiger partial charge >= 0.3 is 11.9 Å². The minimum atomic E-state index is -0.476. The molecule has 0 fully saturated rings. The van der Waals surface area contributed by atoms with E-state index in [-0.39, 0.29) is 5.97 Å². The molecule has 6 nitrogen and oxygen atoms in total. The normalized spacial score (nSPS) is 13.0. The first-order chi connectivity index (χ1) is 13.0. The van der Waals surface area contributed by atoms with Crippen molar-refractivity contribution in [2.75, 3.05) is 13.2 Å². The first-order valence-electron chi connectivity index (χ1n) is 10.3. The lowest BCUT2D eigenvalue weighted by atomic mass is 9.91. The van der Waals surface area contributed by atoms with Crippen LogP contribution < -0.4 is 0 Å². The van der Waals surface area contributed by atoms with Crippen LogP contribution in [0.2, 0.25) is 0 Å². The van der Waals surface area contributed by atoms with E-state index in [4.69, 9.17) is 18.9 Å². The average molecular weight is 403 g/mol. The van der Waals surface area contributed by atoms with Gasteiger partial charge in [0, 0.05) is 5.57 Å². The Balaban J connectivity index is 0. The molecule has 0 saturated carbocycles. The number of ether oxygens (including phenoxy) is 4. The topological polar surface area (TPSA) is 71.1 Å². The monoisotopic (exact) mass is 402 g/mol. The van der Waals surface area contributed by atoms with Crippen LogP contribution in [0.25, 0.3) is 0 Å². The molecule has 0 aromatic rings. The van der Waals surface area contributed by atoms with Gasteiger partial charge in [-0.25, -0.2) is 4.79 Å². The third kappa shape index (κ3) is 15.6. The minimum Gasteiger partial charge on any atom is -0.436 e. The van der Waals surface area contributed by atoms with Crippen LogP contribution in [0.1, 0.15) is 87.5 Å². The molecule has 0 rings (SSSR count). The summed E-state index contributed by atoms with van der Waals surface area (Å²) in [6, 6.07) is 0. The zero-order valence-electron chi connectivity index (χ0n) is 19.3. The summed E-state index contributed by atoms with van der Waals surface area (Å²) in [6.45, 7) is 19.7. The Kier molecular flexibility index (Phi) is 17.0. The number of carbonyl (C=O) groups is 2. The van der Waals surface area contributed by atoms with Gasteiger partial charge in [0.1, 0.15) is 0 Å². The van der Waals surface area contributed by atoms with Gasteiger partial charge in [0.2, 0.25) is 0 Å². The number of carbonyl (C=O) groups excluding carboxylic acids is 2. The number of hydrogen-bond acceptors (Lipinski definition) is 6. The lowest BCUT2D eigenvalue weighted by Crippen LogP contribution is -2.30. The van der Waals surface area contributed by atoms with Crippen LogP contribution in [0.15, 0.2) is 12.2 Å². The Morgan fingerprint density at radius 2 is 1.32 bits per heavy atom. The molecule has 0 aliphatic heterocycles. The van der Waals surface area contributed by atoms with Crippen LogP contribution >= 0.6 is 0 Å². The van der Waals surface area contributed by atoms with E-state index < -0.39 is 24.0 Å². The van der Waals surface area contributed by atoms with Crippen molar-refractivity contribution in [1.29, 1.82) is 0 Å². The zero-order valence-corrected chi connectivity index (χ0v) is 19.3. The average Bonchev–Trinajstić information content (AvgIpc) is 2.62. The summed E-state index contributed by atoms with van der Waals surface area (Å²) in [4.78, 5) is 22.6. The summed E-state index contributed by atoms with van der Waals surface area (Å²) in [6.07, 6.45) is 4.00. The van der Waals surface area contributed by atoms with Gasteiger partial charge in [-0.3, -0.25) is 4.79 Å². The molecule has 0 aromatic carbocycles. The molecule has 0 radical (unpaired) electrons. The van der Waals surface area contributed by atoms with Crippen molar-refractivity contribution >= 4 is 11.9 Å². The van der Waals surface area contributed by atoms with Gasteiger partial charge in [-0.2, -0.15) is 0 Å². The molecular weight excluding hydrogens is 360 g/mol. The van der Waals surface area contributed by atoms with E-state index in [0.717, 1.165) is 32.1 Å². The second-order valence-corrected chi connectivity index (χ2v) is 7.41. The molecule has 0 saturated heterocycles. The van der Waals surface area contributed by atoms with Gasteiger partial charge in [0.25, 0.3) is 0 Å². The molecule has 2 atom stereocenters. The predicted molar refractivity (Wildman–Crippen MR) is 112 cm³/mol. The lowest BCUT2D eigenvalue weighted by molar-refractivity contribution is -0.185. The summed E-state index contributed by atoms with van der Waals surface area (Å²) in [5.74, 6) is -0.585. The summed E-state index contributed by atoms with van der Waals surface area (Å²) < 4.78 is 20.7. The van der Waals surface area contributed by atoms with Crippen molar-refractivity contribution in [2.45, 2.75) is 100 Å². The molecule has 0 heterocycles. The van der Waals surface area contributed by atoms with Crippen molar-refractivity contribution in [1.82, 2.24) is 0 Å². The molecule has 166 valence electrons. The van der Waals surface area contributed by atoms with Crippen molar-refractivity contribution in [3.05, 3.63) is 12.2 Å². The van der Waals surface area contributed by atoms with Gasteiger partial charge in [-0.05, 0) is 53.9 Å². The highest BCUT2D eigenvalue weighted by Crippen LogP contribution is 2.22. The summed E-state index contributed by atoms with van der Waals surface area (Å²) in [5, 5.41) is 0.